The highest BCUT2D eigenvalue weighted by atomic mass is 32.2. The molecule has 13 heavy (non-hydrogen) atoms. The second kappa shape index (κ2) is 6.72. The van der Waals surface area contributed by atoms with Crippen LogP contribution in [0.1, 0.15) is 46.0 Å². The van der Waals surface area contributed by atoms with Gasteiger partial charge in [0.05, 0.1) is 0 Å². The smallest absolute Gasteiger partial charge is 0.0447 e. The van der Waals surface area contributed by atoms with Crippen molar-refractivity contribution in [2.45, 2.75) is 52.0 Å². The van der Waals surface area contributed by atoms with Gasteiger partial charge in [-0.1, -0.05) is 26.7 Å². The fourth-order valence-electron chi connectivity index (χ4n) is 2.10. The average Bonchev–Trinajstić information content (AvgIpc) is 2.17. The third-order valence-corrected chi connectivity index (χ3v) is 3.75. The maximum Gasteiger partial charge on any atom is 0.0447 e. The van der Waals surface area contributed by atoms with Crippen molar-refractivity contribution in [1.82, 2.24) is 4.90 Å². The SMILES string of the molecule is CCCC1CCCCN1CSCC. The molecule has 0 amide bonds. The van der Waals surface area contributed by atoms with Crippen molar-refractivity contribution in [3.63, 3.8) is 0 Å². The van der Waals surface area contributed by atoms with Gasteiger partial charge in [-0.2, -0.15) is 0 Å². The summed E-state index contributed by atoms with van der Waals surface area (Å²) in [5.74, 6) is 2.52. The van der Waals surface area contributed by atoms with Gasteiger partial charge in [0.1, 0.15) is 0 Å². The summed E-state index contributed by atoms with van der Waals surface area (Å²) in [5.41, 5.74) is 0. The van der Waals surface area contributed by atoms with Crippen LogP contribution >= 0.6 is 11.8 Å². The molecule has 0 bridgehead atoms. The lowest BCUT2D eigenvalue weighted by atomic mass is 9.99. The van der Waals surface area contributed by atoms with E-state index in [0.29, 0.717) is 0 Å². The summed E-state index contributed by atoms with van der Waals surface area (Å²) in [5, 5.41) is 0. The Morgan fingerprint density at radius 2 is 2.15 bits per heavy atom. The number of likely N-dealkylation sites (tertiary alicyclic amines) is 1. The first-order chi connectivity index (χ1) is 6.38. The maximum atomic E-state index is 2.70. The highest BCUT2D eigenvalue weighted by molar-refractivity contribution is 7.99. The van der Waals surface area contributed by atoms with Crippen molar-refractivity contribution in [3.05, 3.63) is 0 Å². The van der Waals surface area contributed by atoms with Crippen LogP contribution in [0.25, 0.3) is 0 Å². The number of piperidine rings is 1. The monoisotopic (exact) mass is 201 g/mol. The molecule has 0 aromatic heterocycles. The summed E-state index contributed by atoms with van der Waals surface area (Å²) in [6.45, 7) is 5.90. The average molecular weight is 201 g/mol. The maximum absolute atomic E-state index is 2.70. The van der Waals surface area contributed by atoms with Gasteiger partial charge in [-0.15, -0.1) is 11.8 Å². The summed E-state index contributed by atoms with van der Waals surface area (Å²) in [4.78, 5) is 2.70. The number of rotatable bonds is 5. The quantitative estimate of drug-likeness (QED) is 0.671. The van der Waals surface area contributed by atoms with Crippen molar-refractivity contribution in [2.24, 2.45) is 0 Å². The topological polar surface area (TPSA) is 3.24 Å². The minimum atomic E-state index is 0.901. The summed E-state index contributed by atoms with van der Waals surface area (Å²) < 4.78 is 0. The Morgan fingerprint density at radius 1 is 1.31 bits per heavy atom. The molecule has 78 valence electrons. The van der Waals surface area contributed by atoms with Crippen LogP contribution in [0.5, 0.6) is 0 Å². The largest absolute Gasteiger partial charge is 0.291 e. The fraction of sp³-hybridized carbons (Fsp3) is 1.00. The fourth-order valence-corrected chi connectivity index (χ4v) is 2.86. The molecule has 1 aliphatic rings. The Morgan fingerprint density at radius 3 is 2.85 bits per heavy atom. The van der Waals surface area contributed by atoms with Gasteiger partial charge in [0.15, 0.2) is 0 Å². The molecule has 1 nitrogen and oxygen atoms in total. The molecule has 1 aliphatic heterocycles. The van der Waals surface area contributed by atoms with Crippen LogP contribution in [-0.2, 0) is 0 Å². The van der Waals surface area contributed by atoms with Gasteiger partial charge >= 0.3 is 0 Å². The van der Waals surface area contributed by atoms with Crippen molar-refractivity contribution in [1.29, 1.82) is 0 Å². The van der Waals surface area contributed by atoms with Gasteiger partial charge in [0, 0.05) is 11.9 Å². The standard InChI is InChI=1S/C11H23NS/c1-3-7-11-8-5-6-9-12(11)10-13-4-2/h11H,3-10H2,1-2H3. The Bertz CT molecular complexity index is 125. The highest BCUT2D eigenvalue weighted by Crippen LogP contribution is 2.22. The molecule has 0 aromatic rings. The molecule has 1 heterocycles. The zero-order valence-corrected chi connectivity index (χ0v) is 9.91. The predicted octanol–water partition coefficient (Wildman–Crippen LogP) is 3.35. The molecule has 0 spiro atoms. The van der Waals surface area contributed by atoms with Crippen LogP contribution in [0.4, 0.5) is 0 Å². The highest BCUT2D eigenvalue weighted by Gasteiger charge is 2.20. The lowest BCUT2D eigenvalue weighted by Gasteiger charge is -2.35. The van der Waals surface area contributed by atoms with E-state index in [0.717, 1.165) is 6.04 Å². The predicted molar refractivity (Wildman–Crippen MR) is 62.3 cm³/mol. The molecule has 1 unspecified atom stereocenters. The van der Waals surface area contributed by atoms with E-state index in [1.54, 1.807) is 0 Å². The Hall–Kier alpha value is 0.310. The molecular weight excluding hydrogens is 178 g/mol. The Labute approximate surface area is 87.3 Å². The molecule has 0 aliphatic carbocycles. The second-order valence-electron chi connectivity index (χ2n) is 3.87. The van der Waals surface area contributed by atoms with Crippen molar-refractivity contribution in [2.75, 3.05) is 18.2 Å². The molecule has 0 saturated carbocycles. The van der Waals surface area contributed by atoms with E-state index >= 15 is 0 Å². The first-order valence-corrected chi connectivity index (χ1v) is 6.85. The first-order valence-electron chi connectivity index (χ1n) is 5.70. The van der Waals surface area contributed by atoms with Gasteiger partial charge < -0.3 is 0 Å². The van der Waals surface area contributed by atoms with E-state index in [1.165, 1.54) is 50.3 Å². The van der Waals surface area contributed by atoms with E-state index in [-0.39, 0.29) is 0 Å². The lowest BCUT2D eigenvalue weighted by molar-refractivity contribution is 0.167. The summed E-state index contributed by atoms with van der Waals surface area (Å²) >= 11 is 2.07. The molecule has 0 radical (unpaired) electrons. The minimum Gasteiger partial charge on any atom is -0.291 e. The third kappa shape index (κ3) is 3.90. The number of thioether (sulfide) groups is 1. The van der Waals surface area contributed by atoms with Crippen molar-refractivity contribution in [3.8, 4) is 0 Å². The molecule has 2 heteroatoms. The normalized spacial score (nSPS) is 24.9. The Balaban J connectivity index is 2.28. The van der Waals surface area contributed by atoms with Gasteiger partial charge in [-0.3, -0.25) is 4.90 Å². The van der Waals surface area contributed by atoms with Crippen molar-refractivity contribution < 1.29 is 0 Å². The van der Waals surface area contributed by atoms with Gasteiger partial charge in [0.25, 0.3) is 0 Å². The molecule has 1 atom stereocenters. The van der Waals surface area contributed by atoms with Crippen LogP contribution in [-0.4, -0.2) is 29.1 Å². The first kappa shape index (κ1) is 11.4. The van der Waals surface area contributed by atoms with Crippen LogP contribution in [0, 0.1) is 0 Å². The minimum absolute atomic E-state index is 0.901. The summed E-state index contributed by atoms with van der Waals surface area (Å²) in [6, 6.07) is 0.901. The van der Waals surface area contributed by atoms with Gasteiger partial charge in [-0.05, 0) is 31.6 Å². The summed E-state index contributed by atoms with van der Waals surface area (Å²) in [7, 11) is 0. The molecule has 1 fully saturated rings. The number of hydrogen-bond donors (Lipinski definition) is 0. The molecule has 1 saturated heterocycles. The molecular formula is C11H23NS. The van der Waals surface area contributed by atoms with Crippen LogP contribution < -0.4 is 0 Å². The van der Waals surface area contributed by atoms with E-state index < -0.39 is 0 Å². The van der Waals surface area contributed by atoms with E-state index in [1.807, 2.05) is 0 Å². The van der Waals surface area contributed by atoms with Gasteiger partial charge in [-0.25, -0.2) is 0 Å². The number of hydrogen-bond acceptors (Lipinski definition) is 2. The van der Waals surface area contributed by atoms with Crippen LogP contribution in [0.3, 0.4) is 0 Å². The van der Waals surface area contributed by atoms with Crippen LogP contribution in [0.2, 0.25) is 0 Å². The van der Waals surface area contributed by atoms with E-state index in [2.05, 4.69) is 30.5 Å². The van der Waals surface area contributed by atoms with Gasteiger partial charge in [0.2, 0.25) is 0 Å². The number of nitrogens with zero attached hydrogens (tertiary/aromatic N) is 1. The zero-order valence-electron chi connectivity index (χ0n) is 9.09. The zero-order chi connectivity index (χ0) is 9.52. The molecule has 0 aromatic carbocycles. The third-order valence-electron chi connectivity index (χ3n) is 2.83. The summed E-state index contributed by atoms with van der Waals surface area (Å²) in [6.07, 6.45) is 7.07. The van der Waals surface area contributed by atoms with E-state index in [9.17, 15) is 0 Å². The molecule has 1 rings (SSSR count). The van der Waals surface area contributed by atoms with E-state index in [4.69, 9.17) is 0 Å². The second-order valence-corrected chi connectivity index (χ2v) is 5.12. The van der Waals surface area contributed by atoms with Crippen molar-refractivity contribution >= 4 is 11.8 Å². The lowest BCUT2D eigenvalue weighted by Crippen LogP contribution is -2.39. The Kier molecular flexibility index (Phi) is 5.88. The molecule has 0 N–H and O–H groups in total. The van der Waals surface area contributed by atoms with Crippen LogP contribution in [0.15, 0.2) is 0 Å².